The number of hydrogen-bond acceptors (Lipinski definition) is 4. The largest absolute Gasteiger partial charge is 0.490 e. The Morgan fingerprint density at radius 1 is 1.20 bits per heavy atom. The van der Waals surface area contributed by atoms with E-state index in [1.807, 2.05) is 6.92 Å². The Kier molecular flexibility index (Phi) is 6.36. The molecule has 0 spiro atoms. The van der Waals surface area contributed by atoms with E-state index in [0.29, 0.717) is 30.2 Å². The highest BCUT2D eigenvalue weighted by molar-refractivity contribution is 5.94. The van der Waals surface area contributed by atoms with Gasteiger partial charge in [0.05, 0.1) is 6.61 Å². The molecule has 110 valence electrons. The van der Waals surface area contributed by atoms with Crippen molar-refractivity contribution in [2.24, 2.45) is 0 Å². The summed E-state index contributed by atoms with van der Waals surface area (Å²) in [6, 6.07) is 4.66. The van der Waals surface area contributed by atoms with Crippen LogP contribution in [0.3, 0.4) is 0 Å². The van der Waals surface area contributed by atoms with Crippen molar-refractivity contribution in [2.75, 3.05) is 19.8 Å². The van der Waals surface area contributed by atoms with Crippen LogP contribution in [0, 0.1) is 0 Å². The molecule has 1 aromatic rings. The average Bonchev–Trinajstić information content (AvgIpc) is 2.43. The molecular formula is C14H19NO5. The molecule has 20 heavy (non-hydrogen) atoms. The van der Waals surface area contributed by atoms with Crippen LogP contribution in [-0.4, -0.2) is 36.7 Å². The molecule has 0 aromatic heterocycles. The molecule has 0 aliphatic rings. The van der Waals surface area contributed by atoms with Gasteiger partial charge in [0.15, 0.2) is 18.1 Å². The SMILES string of the molecule is CCCNC(=O)c1ccc(OCC(=O)O)c(OCC)c1. The van der Waals surface area contributed by atoms with E-state index in [2.05, 4.69) is 5.32 Å². The Labute approximate surface area is 117 Å². The second kappa shape index (κ2) is 8.04. The molecule has 1 rings (SSSR count). The Balaban J connectivity index is 2.87. The van der Waals surface area contributed by atoms with Gasteiger partial charge in [0.2, 0.25) is 0 Å². The third-order valence-electron chi connectivity index (χ3n) is 2.39. The van der Waals surface area contributed by atoms with Crippen LogP contribution in [0.5, 0.6) is 11.5 Å². The van der Waals surface area contributed by atoms with Gasteiger partial charge >= 0.3 is 5.97 Å². The summed E-state index contributed by atoms with van der Waals surface area (Å²) >= 11 is 0. The maximum atomic E-state index is 11.8. The molecule has 2 N–H and O–H groups in total. The van der Waals surface area contributed by atoms with Crippen LogP contribution in [0.15, 0.2) is 18.2 Å². The van der Waals surface area contributed by atoms with Crippen molar-refractivity contribution in [3.8, 4) is 11.5 Å². The van der Waals surface area contributed by atoms with E-state index >= 15 is 0 Å². The van der Waals surface area contributed by atoms with Crippen molar-refractivity contribution in [2.45, 2.75) is 20.3 Å². The van der Waals surface area contributed by atoms with Crippen LogP contribution >= 0.6 is 0 Å². The number of ether oxygens (including phenoxy) is 2. The molecule has 0 fully saturated rings. The molecule has 0 aliphatic carbocycles. The number of carbonyl (C=O) groups excluding carboxylic acids is 1. The van der Waals surface area contributed by atoms with E-state index in [4.69, 9.17) is 14.6 Å². The number of carbonyl (C=O) groups is 2. The molecular weight excluding hydrogens is 262 g/mol. The van der Waals surface area contributed by atoms with Crippen LogP contribution < -0.4 is 14.8 Å². The number of rotatable bonds is 8. The summed E-state index contributed by atoms with van der Waals surface area (Å²) in [6.07, 6.45) is 0.851. The zero-order valence-electron chi connectivity index (χ0n) is 11.6. The number of amides is 1. The van der Waals surface area contributed by atoms with E-state index in [1.54, 1.807) is 19.1 Å². The first kappa shape index (κ1) is 15.8. The molecule has 0 aliphatic heterocycles. The van der Waals surface area contributed by atoms with Gasteiger partial charge in [-0.3, -0.25) is 4.79 Å². The van der Waals surface area contributed by atoms with Gasteiger partial charge in [-0.05, 0) is 31.5 Å². The minimum Gasteiger partial charge on any atom is -0.490 e. The lowest BCUT2D eigenvalue weighted by molar-refractivity contribution is -0.139. The van der Waals surface area contributed by atoms with Gasteiger partial charge in [0.25, 0.3) is 5.91 Å². The van der Waals surface area contributed by atoms with Crippen LogP contribution in [0.4, 0.5) is 0 Å². The summed E-state index contributed by atoms with van der Waals surface area (Å²) in [5.41, 5.74) is 0.449. The topological polar surface area (TPSA) is 84.9 Å². The lowest BCUT2D eigenvalue weighted by Gasteiger charge is -2.12. The highest BCUT2D eigenvalue weighted by Gasteiger charge is 2.12. The van der Waals surface area contributed by atoms with Gasteiger partial charge in [-0.15, -0.1) is 0 Å². The van der Waals surface area contributed by atoms with Crippen LogP contribution in [0.25, 0.3) is 0 Å². The van der Waals surface area contributed by atoms with E-state index in [9.17, 15) is 9.59 Å². The van der Waals surface area contributed by atoms with Crippen molar-refractivity contribution in [1.82, 2.24) is 5.32 Å². The van der Waals surface area contributed by atoms with Crippen LogP contribution in [0.2, 0.25) is 0 Å². The van der Waals surface area contributed by atoms with Gasteiger partial charge < -0.3 is 19.9 Å². The molecule has 0 heterocycles. The molecule has 1 amide bonds. The number of benzene rings is 1. The lowest BCUT2D eigenvalue weighted by atomic mass is 10.2. The summed E-state index contributed by atoms with van der Waals surface area (Å²) in [7, 11) is 0. The number of carboxylic acid groups (broad SMARTS) is 1. The second-order valence-electron chi connectivity index (χ2n) is 4.03. The standard InChI is InChI=1S/C14H19NO5/c1-3-7-15-14(18)10-5-6-11(20-9-13(16)17)12(8-10)19-4-2/h5-6,8H,3-4,7,9H2,1-2H3,(H,15,18)(H,16,17). The average molecular weight is 281 g/mol. The van der Waals surface area contributed by atoms with Gasteiger partial charge in [0.1, 0.15) is 0 Å². The third-order valence-corrected chi connectivity index (χ3v) is 2.39. The zero-order chi connectivity index (χ0) is 15.0. The van der Waals surface area contributed by atoms with Crippen molar-refractivity contribution in [3.63, 3.8) is 0 Å². The maximum absolute atomic E-state index is 11.8. The van der Waals surface area contributed by atoms with Crippen molar-refractivity contribution in [1.29, 1.82) is 0 Å². The maximum Gasteiger partial charge on any atom is 0.341 e. The van der Waals surface area contributed by atoms with Gasteiger partial charge in [-0.2, -0.15) is 0 Å². The zero-order valence-corrected chi connectivity index (χ0v) is 11.6. The lowest BCUT2D eigenvalue weighted by Crippen LogP contribution is -2.24. The first-order chi connectivity index (χ1) is 9.58. The normalized spacial score (nSPS) is 9.90. The molecule has 0 atom stereocenters. The summed E-state index contributed by atoms with van der Waals surface area (Å²) in [6.45, 7) is 4.30. The Hall–Kier alpha value is -2.24. The van der Waals surface area contributed by atoms with E-state index in [-0.39, 0.29) is 5.91 Å². The fourth-order valence-corrected chi connectivity index (χ4v) is 1.52. The molecule has 0 unspecified atom stereocenters. The van der Waals surface area contributed by atoms with E-state index in [0.717, 1.165) is 6.42 Å². The molecule has 0 bridgehead atoms. The van der Waals surface area contributed by atoms with Crippen LogP contribution in [-0.2, 0) is 4.79 Å². The molecule has 6 nitrogen and oxygen atoms in total. The molecule has 6 heteroatoms. The summed E-state index contributed by atoms with van der Waals surface area (Å²) in [5.74, 6) is -0.603. The van der Waals surface area contributed by atoms with Gasteiger partial charge in [-0.25, -0.2) is 4.79 Å². The minimum absolute atomic E-state index is 0.197. The first-order valence-electron chi connectivity index (χ1n) is 6.48. The number of nitrogens with one attached hydrogen (secondary N) is 1. The highest BCUT2D eigenvalue weighted by atomic mass is 16.5. The number of aliphatic carboxylic acids is 1. The van der Waals surface area contributed by atoms with Crippen LogP contribution in [0.1, 0.15) is 30.6 Å². The number of carboxylic acids is 1. The summed E-state index contributed by atoms with van der Waals surface area (Å²) < 4.78 is 10.5. The Morgan fingerprint density at radius 2 is 1.95 bits per heavy atom. The van der Waals surface area contributed by atoms with Crippen molar-refractivity contribution < 1.29 is 24.2 Å². The van der Waals surface area contributed by atoms with Gasteiger partial charge in [0, 0.05) is 12.1 Å². The Morgan fingerprint density at radius 3 is 2.55 bits per heavy atom. The van der Waals surface area contributed by atoms with Crippen molar-refractivity contribution in [3.05, 3.63) is 23.8 Å². The number of hydrogen-bond donors (Lipinski definition) is 2. The summed E-state index contributed by atoms with van der Waals surface area (Å²) in [4.78, 5) is 22.3. The molecule has 0 saturated carbocycles. The predicted octanol–water partition coefficient (Wildman–Crippen LogP) is 1.69. The second-order valence-corrected chi connectivity index (χ2v) is 4.03. The predicted molar refractivity (Wildman–Crippen MR) is 73.4 cm³/mol. The highest BCUT2D eigenvalue weighted by Crippen LogP contribution is 2.28. The minimum atomic E-state index is -1.07. The Bertz CT molecular complexity index is 473. The smallest absolute Gasteiger partial charge is 0.341 e. The summed E-state index contributed by atoms with van der Waals surface area (Å²) in [5, 5.41) is 11.4. The van der Waals surface area contributed by atoms with Gasteiger partial charge in [-0.1, -0.05) is 6.92 Å². The molecule has 0 saturated heterocycles. The quantitative estimate of drug-likeness (QED) is 0.757. The fraction of sp³-hybridized carbons (Fsp3) is 0.429. The fourth-order valence-electron chi connectivity index (χ4n) is 1.52. The van der Waals surface area contributed by atoms with E-state index < -0.39 is 12.6 Å². The monoisotopic (exact) mass is 281 g/mol. The molecule has 0 radical (unpaired) electrons. The first-order valence-corrected chi connectivity index (χ1v) is 6.48. The third kappa shape index (κ3) is 4.79. The van der Waals surface area contributed by atoms with E-state index in [1.165, 1.54) is 6.07 Å². The van der Waals surface area contributed by atoms with Crippen molar-refractivity contribution >= 4 is 11.9 Å². The molecule has 1 aromatic carbocycles.